The molecule has 0 spiro atoms. The van der Waals surface area contributed by atoms with E-state index in [2.05, 4.69) is 17.4 Å². The summed E-state index contributed by atoms with van der Waals surface area (Å²) in [6.45, 7) is 3.16. The average Bonchev–Trinajstić information content (AvgIpc) is 2.72. The molecule has 1 aromatic heterocycles. The number of halogens is 3. The van der Waals surface area contributed by atoms with Crippen LogP contribution < -0.4 is 5.32 Å². The zero-order chi connectivity index (χ0) is 13.4. The van der Waals surface area contributed by atoms with Gasteiger partial charge in [-0.25, -0.2) is 0 Å². The predicted octanol–water partition coefficient (Wildman–Crippen LogP) is 2.64. The van der Waals surface area contributed by atoms with E-state index in [-0.39, 0.29) is 13.2 Å². The Morgan fingerprint density at radius 2 is 2.22 bits per heavy atom. The maximum Gasteiger partial charge on any atom is 0.391 e. The van der Waals surface area contributed by atoms with Gasteiger partial charge in [-0.3, -0.25) is 0 Å². The van der Waals surface area contributed by atoms with Crippen LogP contribution in [0.1, 0.15) is 31.2 Å². The van der Waals surface area contributed by atoms with Gasteiger partial charge < -0.3 is 14.6 Å². The van der Waals surface area contributed by atoms with E-state index in [4.69, 9.17) is 9.26 Å². The molecule has 0 amide bonds. The Hall–Kier alpha value is -1.08. The van der Waals surface area contributed by atoms with Gasteiger partial charge in [-0.05, 0) is 13.0 Å². The fourth-order valence-electron chi connectivity index (χ4n) is 1.26. The van der Waals surface area contributed by atoms with Crippen molar-refractivity contribution in [1.82, 2.24) is 10.5 Å². The molecule has 0 bridgehead atoms. The monoisotopic (exact) mass is 266 g/mol. The molecule has 0 unspecified atom stereocenters. The van der Waals surface area contributed by atoms with E-state index < -0.39 is 12.6 Å². The van der Waals surface area contributed by atoms with Gasteiger partial charge >= 0.3 is 6.18 Å². The number of alkyl halides is 3. The number of ether oxygens (including phenoxy) is 1. The minimum atomic E-state index is -4.18. The van der Waals surface area contributed by atoms with Crippen LogP contribution in [0.25, 0.3) is 0 Å². The van der Waals surface area contributed by atoms with Crippen LogP contribution in [0.15, 0.2) is 10.6 Å². The van der Waals surface area contributed by atoms with Gasteiger partial charge in [-0.2, -0.15) is 13.2 Å². The summed E-state index contributed by atoms with van der Waals surface area (Å²) in [4.78, 5) is 0. The standard InChI is InChI=1S/C11H17F3N2O2/c1-2-4-15-7-9-6-10(18-16-9)8-17-5-3-11(12,13)14/h6,15H,2-5,7-8H2,1H3. The minimum absolute atomic E-state index is 0.0108. The second kappa shape index (κ2) is 7.38. The first-order valence-corrected chi connectivity index (χ1v) is 5.81. The normalized spacial score (nSPS) is 12.0. The van der Waals surface area contributed by atoms with Crippen LogP contribution in [0.5, 0.6) is 0 Å². The summed E-state index contributed by atoms with van der Waals surface area (Å²) in [5, 5.41) is 6.92. The zero-order valence-corrected chi connectivity index (χ0v) is 10.2. The highest BCUT2D eigenvalue weighted by Crippen LogP contribution is 2.19. The molecule has 0 saturated heterocycles. The molecule has 4 nitrogen and oxygen atoms in total. The molecule has 0 aliphatic rings. The average molecular weight is 266 g/mol. The molecule has 1 aromatic rings. The summed E-state index contributed by atoms with van der Waals surface area (Å²) in [6.07, 6.45) is -4.12. The van der Waals surface area contributed by atoms with Crippen molar-refractivity contribution < 1.29 is 22.4 Å². The van der Waals surface area contributed by atoms with Gasteiger partial charge in [-0.15, -0.1) is 0 Å². The first-order chi connectivity index (χ1) is 8.51. The van der Waals surface area contributed by atoms with Crippen molar-refractivity contribution in [3.8, 4) is 0 Å². The van der Waals surface area contributed by atoms with Crippen molar-refractivity contribution in [1.29, 1.82) is 0 Å². The van der Waals surface area contributed by atoms with Crippen LogP contribution in [0.3, 0.4) is 0 Å². The van der Waals surface area contributed by atoms with E-state index in [1.807, 2.05) is 0 Å². The molecule has 0 saturated carbocycles. The second-order valence-corrected chi connectivity index (χ2v) is 3.88. The molecular formula is C11H17F3N2O2. The van der Waals surface area contributed by atoms with Gasteiger partial charge in [-0.1, -0.05) is 12.1 Å². The summed E-state index contributed by atoms with van der Waals surface area (Å²) < 4.78 is 45.3. The maximum absolute atomic E-state index is 11.8. The topological polar surface area (TPSA) is 47.3 Å². The highest BCUT2D eigenvalue weighted by atomic mass is 19.4. The number of hydrogen-bond acceptors (Lipinski definition) is 4. The molecule has 0 aliphatic carbocycles. The van der Waals surface area contributed by atoms with Gasteiger partial charge in [0, 0.05) is 12.6 Å². The van der Waals surface area contributed by atoms with Crippen LogP contribution in [0.4, 0.5) is 13.2 Å². The molecule has 0 fully saturated rings. The van der Waals surface area contributed by atoms with Gasteiger partial charge in [0.1, 0.15) is 6.61 Å². The maximum atomic E-state index is 11.8. The quantitative estimate of drug-likeness (QED) is 0.735. The molecule has 0 radical (unpaired) electrons. The molecule has 1 rings (SSSR count). The van der Waals surface area contributed by atoms with E-state index >= 15 is 0 Å². The van der Waals surface area contributed by atoms with Crippen molar-refractivity contribution in [2.24, 2.45) is 0 Å². The second-order valence-electron chi connectivity index (χ2n) is 3.88. The first-order valence-electron chi connectivity index (χ1n) is 5.81. The first kappa shape index (κ1) is 15.0. The zero-order valence-electron chi connectivity index (χ0n) is 10.2. The molecule has 18 heavy (non-hydrogen) atoms. The van der Waals surface area contributed by atoms with Gasteiger partial charge in [0.25, 0.3) is 0 Å². The lowest BCUT2D eigenvalue weighted by Gasteiger charge is -2.05. The predicted molar refractivity (Wildman–Crippen MR) is 58.8 cm³/mol. The Balaban J connectivity index is 2.19. The van der Waals surface area contributed by atoms with Crippen molar-refractivity contribution in [2.75, 3.05) is 13.2 Å². The smallest absolute Gasteiger partial charge is 0.373 e. The molecule has 1 heterocycles. The van der Waals surface area contributed by atoms with Crippen LogP contribution >= 0.6 is 0 Å². The van der Waals surface area contributed by atoms with Gasteiger partial charge in [0.15, 0.2) is 5.76 Å². The molecule has 1 N–H and O–H groups in total. The third-order valence-electron chi connectivity index (χ3n) is 2.11. The van der Waals surface area contributed by atoms with Crippen molar-refractivity contribution in [2.45, 2.75) is 39.1 Å². The van der Waals surface area contributed by atoms with Crippen LogP contribution in [0, 0.1) is 0 Å². The van der Waals surface area contributed by atoms with E-state index in [1.54, 1.807) is 6.07 Å². The third kappa shape index (κ3) is 6.61. The third-order valence-corrected chi connectivity index (χ3v) is 2.11. The number of nitrogens with zero attached hydrogens (tertiary/aromatic N) is 1. The SMILES string of the molecule is CCCNCc1cc(COCCC(F)(F)F)on1. The lowest BCUT2D eigenvalue weighted by Crippen LogP contribution is -2.13. The van der Waals surface area contributed by atoms with Crippen LogP contribution in [-0.4, -0.2) is 24.5 Å². The molecule has 0 atom stereocenters. The number of rotatable bonds is 8. The van der Waals surface area contributed by atoms with Crippen molar-refractivity contribution >= 4 is 0 Å². The van der Waals surface area contributed by atoms with E-state index in [0.717, 1.165) is 18.7 Å². The summed E-state index contributed by atoms with van der Waals surface area (Å²) in [5.41, 5.74) is 0.720. The minimum Gasteiger partial charge on any atom is -0.373 e. The van der Waals surface area contributed by atoms with Crippen LogP contribution in [-0.2, 0) is 17.9 Å². The summed E-state index contributed by atoms with van der Waals surface area (Å²) >= 11 is 0. The lowest BCUT2D eigenvalue weighted by molar-refractivity contribution is -0.146. The van der Waals surface area contributed by atoms with Crippen molar-refractivity contribution in [3.63, 3.8) is 0 Å². The van der Waals surface area contributed by atoms with Crippen molar-refractivity contribution in [3.05, 3.63) is 17.5 Å². The van der Waals surface area contributed by atoms with E-state index in [9.17, 15) is 13.2 Å². The fraction of sp³-hybridized carbons (Fsp3) is 0.727. The summed E-state index contributed by atoms with van der Waals surface area (Å²) in [7, 11) is 0. The Kier molecular flexibility index (Phi) is 6.14. The van der Waals surface area contributed by atoms with E-state index in [1.165, 1.54) is 0 Å². The molecule has 104 valence electrons. The lowest BCUT2D eigenvalue weighted by atomic mass is 10.3. The Morgan fingerprint density at radius 3 is 2.89 bits per heavy atom. The highest BCUT2D eigenvalue weighted by Gasteiger charge is 2.26. The summed E-state index contributed by atoms with van der Waals surface area (Å²) in [5.74, 6) is 0.436. The molecule has 0 aliphatic heterocycles. The molecule has 0 aromatic carbocycles. The van der Waals surface area contributed by atoms with Crippen LogP contribution in [0.2, 0.25) is 0 Å². The number of hydrogen-bond donors (Lipinski definition) is 1. The number of nitrogens with one attached hydrogen (secondary N) is 1. The molecular weight excluding hydrogens is 249 g/mol. The van der Waals surface area contributed by atoms with E-state index in [0.29, 0.717) is 12.3 Å². The largest absolute Gasteiger partial charge is 0.391 e. The Bertz CT molecular complexity index is 339. The number of aromatic nitrogens is 1. The van der Waals surface area contributed by atoms with Gasteiger partial charge in [0.05, 0.1) is 18.7 Å². The molecule has 7 heteroatoms. The Morgan fingerprint density at radius 1 is 1.44 bits per heavy atom. The fourth-order valence-corrected chi connectivity index (χ4v) is 1.26. The highest BCUT2D eigenvalue weighted by molar-refractivity contribution is 5.04. The summed E-state index contributed by atoms with van der Waals surface area (Å²) in [6, 6.07) is 1.68. The Labute approximate surface area is 103 Å². The van der Waals surface area contributed by atoms with Gasteiger partial charge in [0.2, 0.25) is 0 Å².